The highest BCUT2D eigenvalue weighted by atomic mass is 32.2. The van der Waals surface area contributed by atoms with Crippen molar-refractivity contribution in [1.82, 2.24) is 4.72 Å². The standard InChI is InChI=1S/C20H26N2O3S/c1-6-17-9-7-8-10-18(17)21-20(23)16(5)22-26(24,25)19-14(3)11-13(2)12-15(19)4/h7-12,16,22H,6H2,1-5H3,(H,21,23). The lowest BCUT2D eigenvalue weighted by atomic mass is 10.1. The maximum atomic E-state index is 12.8. The Morgan fingerprint density at radius 3 is 2.23 bits per heavy atom. The van der Waals surface area contributed by atoms with Crippen LogP contribution in [0.4, 0.5) is 5.69 Å². The maximum absolute atomic E-state index is 12.8. The number of hydrogen-bond donors (Lipinski definition) is 2. The Morgan fingerprint density at radius 2 is 1.65 bits per heavy atom. The lowest BCUT2D eigenvalue weighted by Gasteiger charge is -2.18. The molecule has 0 fully saturated rings. The van der Waals surface area contributed by atoms with E-state index < -0.39 is 22.0 Å². The molecule has 0 heterocycles. The van der Waals surface area contributed by atoms with E-state index in [0.717, 1.165) is 17.5 Å². The number of amides is 1. The van der Waals surface area contributed by atoms with Crippen LogP contribution in [0.25, 0.3) is 0 Å². The Hall–Kier alpha value is -2.18. The van der Waals surface area contributed by atoms with Gasteiger partial charge < -0.3 is 5.32 Å². The van der Waals surface area contributed by atoms with Crippen LogP contribution in [-0.2, 0) is 21.2 Å². The molecule has 5 nitrogen and oxygen atoms in total. The van der Waals surface area contributed by atoms with Crippen LogP contribution in [0.15, 0.2) is 41.3 Å². The first kappa shape index (κ1) is 20.1. The van der Waals surface area contributed by atoms with E-state index in [1.165, 1.54) is 0 Å². The van der Waals surface area contributed by atoms with Crippen molar-refractivity contribution >= 4 is 21.6 Å². The van der Waals surface area contributed by atoms with Gasteiger partial charge >= 0.3 is 0 Å². The topological polar surface area (TPSA) is 75.3 Å². The average molecular weight is 375 g/mol. The largest absolute Gasteiger partial charge is 0.324 e. The number of sulfonamides is 1. The van der Waals surface area contributed by atoms with Crippen molar-refractivity contribution in [2.75, 3.05) is 5.32 Å². The number of carbonyl (C=O) groups excluding carboxylic acids is 1. The van der Waals surface area contributed by atoms with E-state index in [1.54, 1.807) is 20.8 Å². The molecule has 2 aromatic carbocycles. The molecule has 0 spiro atoms. The number of carbonyl (C=O) groups is 1. The molecule has 0 aliphatic heterocycles. The van der Waals surface area contributed by atoms with Gasteiger partial charge in [-0.3, -0.25) is 4.79 Å². The number of benzene rings is 2. The third-order valence-electron chi connectivity index (χ3n) is 4.25. The predicted octanol–water partition coefficient (Wildman–Crippen LogP) is 3.48. The molecule has 0 saturated heterocycles. The van der Waals surface area contributed by atoms with Crippen LogP contribution < -0.4 is 10.0 Å². The first-order chi connectivity index (χ1) is 12.2. The minimum atomic E-state index is -3.80. The Labute approximate surface area is 155 Å². The highest BCUT2D eigenvalue weighted by Gasteiger charge is 2.25. The van der Waals surface area contributed by atoms with Crippen molar-refractivity contribution < 1.29 is 13.2 Å². The van der Waals surface area contributed by atoms with Gasteiger partial charge in [0.2, 0.25) is 15.9 Å². The van der Waals surface area contributed by atoms with Crippen LogP contribution in [0, 0.1) is 20.8 Å². The Kier molecular flexibility index (Phi) is 6.21. The molecular formula is C20H26N2O3S. The summed E-state index contributed by atoms with van der Waals surface area (Å²) in [7, 11) is -3.80. The molecule has 0 bridgehead atoms. The van der Waals surface area contributed by atoms with Crippen molar-refractivity contribution in [1.29, 1.82) is 0 Å². The Morgan fingerprint density at radius 1 is 1.08 bits per heavy atom. The van der Waals surface area contributed by atoms with Gasteiger partial charge in [0, 0.05) is 5.69 Å². The van der Waals surface area contributed by atoms with Gasteiger partial charge in [-0.1, -0.05) is 42.8 Å². The molecule has 2 rings (SSSR count). The Bertz CT molecular complexity index is 897. The Balaban J connectivity index is 2.20. The number of aryl methyl sites for hydroxylation is 4. The van der Waals surface area contributed by atoms with Gasteiger partial charge in [-0.15, -0.1) is 0 Å². The van der Waals surface area contributed by atoms with E-state index in [1.807, 2.05) is 50.2 Å². The van der Waals surface area contributed by atoms with Gasteiger partial charge in [-0.2, -0.15) is 4.72 Å². The molecule has 0 aromatic heterocycles. The second-order valence-electron chi connectivity index (χ2n) is 6.57. The second kappa shape index (κ2) is 8.01. The predicted molar refractivity (Wildman–Crippen MR) is 105 cm³/mol. The van der Waals surface area contributed by atoms with E-state index in [2.05, 4.69) is 10.0 Å². The van der Waals surface area contributed by atoms with Crippen molar-refractivity contribution in [3.8, 4) is 0 Å². The molecule has 140 valence electrons. The molecule has 26 heavy (non-hydrogen) atoms. The van der Waals surface area contributed by atoms with Gasteiger partial charge in [0.15, 0.2) is 0 Å². The van der Waals surface area contributed by atoms with Crippen molar-refractivity contribution in [3.05, 3.63) is 58.7 Å². The molecule has 6 heteroatoms. The summed E-state index contributed by atoms with van der Waals surface area (Å²) in [6, 6.07) is 10.2. The minimum absolute atomic E-state index is 0.233. The zero-order valence-electron chi connectivity index (χ0n) is 15.9. The summed E-state index contributed by atoms with van der Waals surface area (Å²) in [5, 5.41) is 2.81. The highest BCUT2D eigenvalue weighted by Crippen LogP contribution is 2.22. The SMILES string of the molecule is CCc1ccccc1NC(=O)C(C)NS(=O)(=O)c1c(C)cc(C)cc1C. The average Bonchev–Trinajstić information content (AvgIpc) is 2.53. The quantitative estimate of drug-likeness (QED) is 0.813. The fourth-order valence-corrected chi connectivity index (χ4v) is 4.78. The molecular weight excluding hydrogens is 348 g/mol. The molecule has 0 saturated carbocycles. The lowest BCUT2D eigenvalue weighted by molar-refractivity contribution is -0.117. The monoisotopic (exact) mass is 374 g/mol. The van der Waals surface area contributed by atoms with Gasteiger partial charge in [0.05, 0.1) is 10.9 Å². The third-order valence-corrected chi connectivity index (χ3v) is 6.10. The molecule has 1 unspecified atom stereocenters. The van der Waals surface area contributed by atoms with E-state index in [0.29, 0.717) is 16.8 Å². The lowest BCUT2D eigenvalue weighted by Crippen LogP contribution is -2.42. The number of para-hydroxylation sites is 1. The number of rotatable bonds is 6. The van der Waals surface area contributed by atoms with Crippen LogP contribution in [-0.4, -0.2) is 20.4 Å². The van der Waals surface area contributed by atoms with Crippen LogP contribution >= 0.6 is 0 Å². The summed E-state index contributed by atoms with van der Waals surface area (Å²) in [6.07, 6.45) is 0.776. The normalized spacial score (nSPS) is 12.7. The van der Waals surface area contributed by atoms with Gasteiger partial charge in [0.25, 0.3) is 0 Å². The molecule has 0 radical (unpaired) electrons. The third kappa shape index (κ3) is 4.51. The number of anilines is 1. The highest BCUT2D eigenvalue weighted by molar-refractivity contribution is 7.89. The van der Waals surface area contributed by atoms with Crippen molar-refractivity contribution in [2.24, 2.45) is 0 Å². The summed E-state index contributed by atoms with van der Waals surface area (Å²) in [5.41, 5.74) is 4.04. The zero-order valence-corrected chi connectivity index (χ0v) is 16.7. The van der Waals surface area contributed by atoms with E-state index in [-0.39, 0.29) is 4.90 Å². The summed E-state index contributed by atoms with van der Waals surface area (Å²) >= 11 is 0. The first-order valence-corrected chi connectivity index (χ1v) is 10.1. The first-order valence-electron chi connectivity index (χ1n) is 8.64. The number of nitrogens with one attached hydrogen (secondary N) is 2. The number of hydrogen-bond acceptors (Lipinski definition) is 3. The molecule has 2 aromatic rings. The van der Waals surface area contributed by atoms with Crippen molar-refractivity contribution in [3.63, 3.8) is 0 Å². The molecule has 1 amide bonds. The van der Waals surface area contributed by atoms with Crippen LogP contribution in [0.2, 0.25) is 0 Å². The molecule has 0 aliphatic rings. The summed E-state index contributed by atoms with van der Waals surface area (Å²) in [6.45, 7) is 8.99. The summed E-state index contributed by atoms with van der Waals surface area (Å²) < 4.78 is 28.1. The second-order valence-corrected chi connectivity index (χ2v) is 8.22. The van der Waals surface area contributed by atoms with E-state index in [9.17, 15) is 13.2 Å². The van der Waals surface area contributed by atoms with Gasteiger partial charge in [-0.25, -0.2) is 8.42 Å². The van der Waals surface area contributed by atoms with Crippen LogP contribution in [0.3, 0.4) is 0 Å². The van der Waals surface area contributed by atoms with Gasteiger partial charge in [-0.05, 0) is 56.9 Å². The molecule has 2 N–H and O–H groups in total. The fourth-order valence-electron chi connectivity index (χ4n) is 3.13. The zero-order chi connectivity index (χ0) is 19.5. The van der Waals surface area contributed by atoms with E-state index >= 15 is 0 Å². The minimum Gasteiger partial charge on any atom is -0.324 e. The van der Waals surface area contributed by atoms with Gasteiger partial charge in [0.1, 0.15) is 0 Å². The van der Waals surface area contributed by atoms with E-state index in [4.69, 9.17) is 0 Å². The van der Waals surface area contributed by atoms with Crippen molar-refractivity contribution in [2.45, 2.75) is 52.0 Å². The summed E-state index contributed by atoms with van der Waals surface area (Å²) in [4.78, 5) is 12.7. The summed E-state index contributed by atoms with van der Waals surface area (Å²) in [5.74, 6) is -0.392. The smallest absolute Gasteiger partial charge is 0.242 e. The molecule has 1 atom stereocenters. The fraction of sp³-hybridized carbons (Fsp3) is 0.350. The van der Waals surface area contributed by atoms with Crippen LogP contribution in [0.1, 0.15) is 36.1 Å². The maximum Gasteiger partial charge on any atom is 0.242 e. The van der Waals surface area contributed by atoms with Crippen LogP contribution in [0.5, 0.6) is 0 Å². The molecule has 0 aliphatic carbocycles.